The number of ether oxygens (including phenoxy) is 3. The molecule has 0 aromatic rings. The van der Waals surface area contributed by atoms with E-state index >= 15 is 0 Å². The molecule has 8 heteroatoms. The predicted molar refractivity (Wildman–Crippen MR) is 142 cm³/mol. The highest BCUT2D eigenvalue weighted by Crippen LogP contribution is 2.70. The number of halogens is 3. The molecule has 0 aromatic carbocycles. The average Bonchev–Trinajstić information content (AvgIpc) is 3.25. The van der Waals surface area contributed by atoms with Crippen molar-refractivity contribution in [3.05, 3.63) is 0 Å². The van der Waals surface area contributed by atoms with Gasteiger partial charge >= 0.3 is 5.97 Å². The molecule has 12 atom stereocenters. The van der Waals surface area contributed by atoms with Gasteiger partial charge in [0.05, 0.1) is 12.7 Å². The van der Waals surface area contributed by atoms with Gasteiger partial charge in [-0.3, -0.25) is 4.79 Å². The topological polar surface area (TPSA) is 61.8 Å². The van der Waals surface area contributed by atoms with E-state index in [1.165, 1.54) is 0 Å². The van der Waals surface area contributed by atoms with Crippen molar-refractivity contribution in [2.45, 2.75) is 107 Å². The Labute approximate surface area is 235 Å². The van der Waals surface area contributed by atoms with Crippen LogP contribution in [-0.4, -0.2) is 40.1 Å². The summed E-state index contributed by atoms with van der Waals surface area (Å²) in [4.78, 5) is 26.3. The van der Waals surface area contributed by atoms with Crippen LogP contribution < -0.4 is 0 Å². The Bertz CT molecular complexity index is 958. The van der Waals surface area contributed by atoms with Crippen LogP contribution >= 0.6 is 34.8 Å². The molecule has 0 radical (unpaired) electrons. The Morgan fingerprint density at radius 3 is 2.46 bits per heavy atom. The summed E-state index contributed by atoms with van der Waals surface area (Å²) in [6.07, 6.45) is 8.15. The third-order valence-electron chi connectivity index (χ3n) is 12.1. The second kappa shape index (κ2) is 8.96. The van der Waals surface area contributed by atoms with Crippen LogP contribution in [0.5, 0.6) is 0 Å². The van der Waals surface area contributed by atoms with E-state index in [0.29, 0.717) is 54.1 Å². The van der Waals surface area contributed by atoms with Gasteiger partial charge in [-0.15, -0.1) is 0 Å². The number of esters is 1. The predicted octanol–water partition coefficient (Wildman–Crippen LogP) is 6.89. The molecular formula is C29H41Cl3O5. The van der Waals surface area contributed by atoms with E-state index in [0.717, 1.165) is 51.6 Å². The fourth-order valence-electron chi connectivity index (χ4n) is 10.4. The second-order valence-corrected chi connectivity index (χ2v) is 16.2. The molecule has 2 saturated heterocycles. The number of alkyl halides is 3. The summed E-state index contributed by atoms with van der Waals surface area (Å²) in [5.74, 6) is 1.76. The first-order valence-corrected chi connectivity index (χ1v) is 15.5. The maximum Gasteiger partial charge on any atom is 0.358 e. The second-order valence-electron chi connectivity index (χ2n) is 13.9. The van der Waals surface area contributed by atoms with E-state index in [2.05, 4.69) is 27.7 Å². The largest absolute Gasteiger partial charge is 0.459 e. The van der Waals surface area contributed by atoms with Crippen LogP contribution in [0.2, 0.25) is 0 Å². The van der Waals surface area contributed by atoms with Crippen molar-refractivity contribution in [3.8, 4) is 0 Å². The number of ketones is 1. The minimum atomic E-state index is -2.05. The summed E-state index contributed by atoms with van der Waals surface area (Å²) in [5.41, 5.74) is -0.100. The third kappa shape index (κ3) is 4.06. The summed E-state index contributed by atoms with van der Waals surface area (Å²) >= 11 is 17.2. The lowest BCUT2D eigenvalue weighted by Crippen LogP contribution is -2.58. The van der Waals surface area contributed by atoms with E-state index < -0.39 is 15.5 Å². The van der Waals surface area contributed by atoms with Crippen LogP contribution in [0.15, 0.2) is 0 Å². The molecule has 6 aliphatic rings. The lowest BCUT2D eigenvalue weighted by Gasteiger charge is -2.60. The highest BCUT2D eigenvalue weighted by atomic mass is 35.6. The quantitative estimate of drug-likeness (QED) is 0.252. The lowest BCUT2D eigenvalue weighted by atomic mass is 9.44. The number of rotatable bonds is 1. The average molecular weight is 576 g/mol. The normalized spacial score (nSPS) is 53.3. The number of Topliss-reactive ketones (excluding diaryl/α,β-unsaturated/α-hetero) is 1. The first-order chi connectivity index (χ1) is 17.3. The molecule has 2 aliphatic heterocycles. The van der Waals surface area contributed by atoms with Gasteiger partial charge in [-0.1, -0.05) is 62.5 Å². The number of carbonyl (C=O) groups excluding carboxylic acids is 2. The molecule has 2 heterocycles. The van der Waals surface area contributed by atoms with Crippen molar-refractivity contribution in [2.24, 2.45) is 52.3 Å². The van der Waals surface area contributed by atoms with Crippen molar-refractivity contribution >= 4 is 46.6 Å². The Morgan fingerprint density at radius 1 is 1.03 bits per heavy atom. The van der Waals surface area contributed by atoms with Gasteiger partial charge in [0.2, 0.25) is 0 Å². The van der Waals surface area contributed by atoms with E-state index in [-0.39, 0.29) is 29.0 Å². The maximum absolute atomic E-state index is 14.1. The highest BCUT2D eigenvalue weighted by molar-refractivity contribution is 6.75. The Hall–Kier alpha value is -0.0700. The molecule has 208 valence electrons. The minimum Gasteiger partial charge on any atom is -0.459 e. The lowest BCUT2D eigenvalue weighted by molar-refractivity contribution is -0.272. The van der Waals surface area contributed by atoms with Crippen molar-refractivity contribution < 1.29 is 23.8 Å². The van der Waals surface area contributed by atoms with Gasteiger partial charge in [-0.2, -0.15) is 0 Å². The molecule has 0 amide bonds. The van der Waals surface area contributed by atoms with Gasteiger partial charge in [0.25, 0.3) is 3.79 Å². The highest BCUT2D eigenvalue weighted by Gasteiger charge is 2.70. The number of hydrogen-bond acceptors (Lipinski definition) is 5. The zero-order valence-electron chi connectivity index (χ0n) is 22.4. The molecule has 1 spiro atoms. The minimum absolute atomic E-state index is 0.0292. The van der Waals surface area contributed by atoms with Crippen LogP contribution in [0.3, 0.4) is 0 Å². The van der Waals surface area contributed by atoms with Crippen molar-refractivity contribution in [1.29, 1.82) is 0 Å². The zero-order valence-corrected chi connectivity index (χ0v) is 24.7. The van der Waals surface area contributed by atoms with Gasteiger partial charge in [-0.25, -0.2) is 4.79 Å². The van der Waals surface area contributed by atoms with Gasteiger partial charge in [0, 0.05) is 24.7 Å². The molecule has 0 unspecified atom stereocenters. The maximum atomic E-state index is 14.1. The smallest absolute Gasteiger partial charge is 0.358 e. The fourth-order valence-corrected chi connectivity index (χ4v) is 10.5. The number of fused-ring (bicyclic) bond motifs is 7. The molecule has 6 rings (SSSR count). The van der Waals surface area contributed by atoms with Crippen molar-refractivity contribution in [3.63, 3.8) is 0 Å². The van der Waals surface area contributed by atoms with E-state index in [1.54, 1.807) is 0 Å². The van der Waals surface area contributed by atoms with Crippen LogP contribution in [0.4, 0.5) is 0 Å². The first-order valence-electron chi connectivity index (χ1n) is 14.4. The van der Waals surface area contributed by atoms with Gasteiger partial charge in [0.15, 0.2) is 5.79 Å². The summed E-state index contributed by atoms with van der Waals surface area (Å²) in [6.45, 7) is 10.1. The molecule has 5 nitrogen and oxygen atoms in total. The van der Waals surface area contributed by atoms with Gasteiger partial charge < -0.3 is 14.2 Å². The molecule has 0 bridgehead atoms. The molecular weight excluding hydrogens is 535 g/mol. The van der Waals surface area contributed by atoms with Crippen molar-refractivity contribution in [2.75, 3.05) is 6.61 Å². The van der Waals surface area contributed by atoms with Crippen molar-refractivity contribution in [1.82, 2.24) is 0 Å². The van der Waals surface area contributed by atoms with Crippen LogP contribution in [0.25, 0.3) is 0 Å². The molecule has 4 saturated carbocycles. The SMILES string of the molecule is C[C@@H]1CC[C@@]2(OC1)O[C@@H]1C[C@@H]3[C@@H]4CC[C@@H]5C[C@@H](OC(=O)C(Cl)(Cl)Cl)CC[C@]5(C)[C@H]4C(=O)C[C@]3(C)[C@H]1[C@@H]2C. The first kappa shape index (κ1) is 27.1. The molecule has 37 heavy (non-hydrogen) atoms. The van der Waals surface area contributed by atoms with E-state index in [9.17, 15) is 9.59 Å². The van der Waals surface area contributed by atoms with Crippen LogP contribution in [0, 0.1) is 52.3 Å². The molecule has 6 fully saturated rings. The Balaban J connectivity index is 1.20. The molecule has 4 aliphatic carbocycles. The molecule has 0 aromatic heterocycles. The standard InChI is InChI=1S/C29H41Cl3O5/c1-15-7-10-28(35-14-15)16(2)23-22(37-28)12-20-19-6-5-17-11-18(36-25(34)29(30,31)32)8-9-26(17,3)24(19)21(33)13-27(20,23)4/h15-20,22-24H,5-14H2,1-4H3/t15-,16+,17-,18+,19+,20-,22-,23+,24-,26+,27+,28-/m1/s1. The Morgan fingerprint density at radius 2 is 1.78 bits per heavy atom. The number of carbonyl (C=O) groups is 2. The van der Waals surface area contributed by atoms with Crippen LogP contribution in [0.1, 0.15) is 85.5 Å². The summed E-state index contributed by atoms with van der Waals surface area (Å²) in [5, 5.41) is 0. The number of hydrogen-bond donors (Lipinski definition) is 0. The Kier molecular flexibility index (Phi) is 6.57. The van der Waals surface area contributed by atoms with Gasteiger partial charge in [-0.05, 0) is 85.4 Å². The zero-order chi connectivity index (χ0) is 26.5. The van der Waals surface area contributed by atoms with E-state index in [1.807, 2.05) is 0 Å². The van der Waals surface area contributed by atoms with Gasteiger partial charge in [0.1, 0.15) is 11.9 Å². The summed E-state index contributed by atoms with van der Waals surface area (Å²) in [6, 6.07) is 0. The summed E-state index contributed by atoms with van der Waals surface area (Å²) in [7, 11) is 0. The summed E-state index contributed by atoms with van der Waals surface area (Å²) < 4.78 is 16.8. The van der Waals surface area contributed by atoms with E-state index in [4.69, 9.17) is 49.0 Å². The molecule has 0 N–H and O–H groups in total. The van der Waals surface area contributed by atoms with Crippen LogP contribution in [-0.2, 0) is 23.8 Å². The fraction of sp³-hybridized carbons (Fsp3) is 0.931. The third-order valence-corrected chi connectivity index (χ3v) is 12.5. The monoisotopic (exact) mass is 574 g/mol.